The Balaban J connectivity index is 1.78. The van der Waals surface area contributed by atoms with Crippen molar-refractivity contribution in [2.45, 2.75) is 44.1 Å². The van der Waals surface area contributed by atoms with Crippen LogP contribution in [-0.4, -0.2) is 58.2 Å². The van der Waals surface area contributed by atoms with Gasteiger partial charge in [-0.1, -0.05) is 13.8 Å². The first-order valence-corrected chi connectivity index (χ1v) is 10.8. The molecule has 128 valence electrons. The summed E-state index contributed by atoms with van der Waals surface area (Å²) >= 11 is 4.16. The highest BCUT2D eigenvalue weighted by molar-refractivity contribution is 8.00. The Kier molecular flexibility index (Phi) is 5.96. The first-order chi connectivity index (χ1) is 11.1. The average Bonchev–Trinajstić information content (AvgIpc) is 2.87. The molecular formula is C17H28N4S2. The van der Waals surface area contributed by atoms with Crippen LogP contribution in [0.1, 0.15) is 32.5 Å². The third kappa shape index (κ3) is 4.69. The van der Waals surface area contributed by atoms with E-state index in [1.807, 2.05) is 6.92 Å². The molecule has 6 heteroatoms. The maximum Gasteiger partial charge on any atom is 0.134 e. The average molecular weight is 353 g/mol. The number of anilines is 2. The van der Waals surface area contributed by atoms with Gasteiger partial charge in [-0.05, 0) is 19.8 Å². The molecule has 0 aliphatic carbocycles. The fourth-order valence-corrected chi connectivity index (χ4v) is 5.11. The minimum atomic E-state index is 0.756. The predicted octanol–water partition coefficient (Wildman–Crippen LogP) is 3.45. The van der Waals surface area contributed by atoms with Crippen LogP contribution < -0.4 is 9.80 Å². The molecule has 0 amide bonds. The van der Waals surface area contributed by atoms with Crippen LogP contribution in [0.4, 0.5) is 11.6 Å². The van der Waals surface area contributed by atoms with Gasteiger partial charge in [0.2, 0.25) is 0 Å². The zero-order valence-corrected chi connectivity index (χ0v) is 16.1. The van der Waals surface area contributed by atoms with E-state index in [2.05, 4.69) is 53.2 Å². The molecular weight excluding hydrogens is 324 g/mol. The minimum absolute atomic E-state index is 0.756. The maximum atomic E-state index is 4.73. The summed E-state index contributed by atoms with van der Waals surface area (Å²) in [5, 5.41) is 1.51. The van der Waals surface area contributed by atoms with Crippen LogP contribution in [0.3, 0.4) is 0 Å². The van der Waals surface area contributed by atoms with Crippen LogP contribution >= 0.6 is 23.5 Å². The molecule has 2 atom stereocenters. The third-order valence-electron chi connectivity index (χ3n) is 4.60. The summed E-state index contributed by atoms with van der Waals surface area (Å²) in [4.78, 5) is 14.4. The molecule has 0 aromatic carbocycles. The largest absolute Gasteiger partial charge is 0.356 e. The smallest absolute Gasteiger partial charge is 0.134 e. The molecule has 0 saturated carbocycles. The van der Waals surface area contributed by atoms with Crippen LogP contribution in [0.25, 0.3) is 0 Å². The van der Waals surface area contributed by atoms with Gasteiger partial charge in [0.1, 0.15) is 17.5 Å². The second-order valence-electron chi connectivity index (χ2n) is 6.55. The highest BCUT2D eigenvalue weighted by atomic mass is 32.2. The molecule has 3 rings (SSSR count). The first-order valence-electron chi connectivity index (χ1n) is 8.70. The molecule has 3 heterocycles. The van der Waals surface area contributed by atoms with E-state index >= 15 is 0 Å². The minimum Gasteiger partial charge on any atom is -0.356 e. The van der Waals surface area contributed by atoms with Gasteiger partial charge in [0.05, 0.1) is 0 Å². The second kappa shape index (κ2) is 7.97. The van der Waals surface area contributed by atoms with Gasteiger partial charge in [0, 0.05) is 54.3 Å². The molecule has 2 aliphatic heterocycles. The molecule has 0 bridgehead atoms. The molecule has 0 N–H and O–H groups in total. The lowest BCUT2D eigenvalue weighted by Crippen LogP contribution is -2.30. The molecule has 4 nitrogen and oxygen atoms in total. The Morgan fingerprint density at radius 3 is 1.83 bits per heavy atom. The highest BCUT2D eigenvalue weighted by Gasteiger charge is 2.20. The monoisotopic (exact) mass is 352 g/mol. The van der Waals surface area contributed by atoms with Crippen molar-refractivity contribution < 1.29 is 0 Å². The first kappa shape index (κ1) is 17.2. The standard InChI is InChI=1S/C17H28N4S2/c1-13-4-6-20(8-10-22-13)16-12-17(19-15(3)18-16)21-7-5-14(2)23-11-9-21/h12-14H,4-11H2,1-3H3. The van der Waals surface area contributed by atoms with Gasteiger partial charge in [-0.15, -0.1) is 0 Å². The van der Waals surface area contributed by atoms with E-state index in [-0.39, 0.29) is 0 Å². The maximum absolute atomic E-state index is 4.73. The molecule has 2 aliphatic rings. The zero-order valence-electron chi connectivity index (χ0n) is 14.5. The van der Waals surface area contributed by atoms with Crippen molar-refractivity contribution in [2.24, 2.45) is 0 Å². The SMILES string of the molecule is Cc1nc(N2CCSC(C)CC2)cc(N2CCSC(C)CC2)n1. The van der Waals surface area contributed by atoms with Crippen LogP contribution in [0.5, 0.6) is 0 Å². The van der Waals surface area contributed by atoms with E-state index in [0.717, 1.165) is 54.1 Å². The normalized spacial score (nSPS) is 26.7. The van der Waals surface area contributed by atoms with Gasteiger partial charge in [-0.25, -0.2) is 9.97 Å². The van der Waals surface area contributed by atoms with Crippen molar-refractivity contribution in [3.05, 3.63) is 11.9 Å². The number of aromatic nitrogens is 2. The van der Waals surface area contributed by atoms with Crippen molar-refractivity contribution in [3.8, 4) is 0 Å². The number of hydrogen-bond acceptors (Lipinski definition) is 6. The van der Waals surface area contributed by atoms with Crippen LogP contribution in [-0.2, 0) is 0 Å². The summed E-state index contributed by atoms with van der Waals surface area (Å²) in [6.07, 6.45) is 2.47. The van der Waals surface area contributed by atoms with E-state index < -0.39 is 0 Å². The lowest BCUT2D eigenvalue weighted by molar-refractivity contribution is 0.736. The van der Waals surface area contributed by atoms with Gasteiger partial charge in [0.25, 0.3) is 0 Å². The number of nitrogens with zero attached hydrogens (tertiary/aromatic N) is 4. The van der Waals surface area contributed by atoms with Crippen molar-refractivity contribution in [1.29, 1.82) is 0 Å². The van der Waals surface area contributed by atoms with Crippen molar-refractivity contribution in [3.63, 3.8) is 0 Å². The topological polar surface area (TPSA) is 32.3 Å². The Labute approximate surface area is 148 Å². The number of rotatable bonds is 2. The Morgan fingerprint density at radius 1 is 0.870 bits per heavy atom. The molecule has 2 unspecified atom stereocenters. The van der Waals surface area contributed by atoms with E-state index in [1.165, 1.54) is 24.3 Å². The fraction of sp³-hybridized carbons (Fsp3) is 0.765. The number of thioether (sulfide) groups is 2. The summed E-state index contributed by atoms with van der Waals surface area (Å²) in [6, 6.07) is 2.22. The molecule has 0 radical (unpaired) electrons. The molecule has 2 saturated heterocycles. The van der Waals surface area contributed by atoms with Gasteiger partial charge in [0.15, 0.2) is 0 Å². The van der Waals surface area contributed by atoms with Crippen molar-refractivity contribution >= 4 is 35.2 Å². The third-order valence-corrected chi connectivity index (χ3v) is 7.04. The summed E-state index contributed by atoms with van der Waals surface area (Å²) < 4.78 is 0. The summed E-state index contributed by atoms with van der Waals surface area (Å²) in [6.45, 7) is 11.1. The summed E-state index contributed by atoms with van der Waals surface area (Å²) in [7, 11) is 0. The Hall–Kier alpha value is -0.620. The Morgan fingerprint density at radius 2 is 1.35 bits per heavy atom. The summed E-state index contributed by atoms with van der Waals surface area (Å²) in [5.74, 6) is 5.51. The van der Waals surface area contributed by atoms with E-state index in [9.17, 15) is 0 Å². The predicted molar refractivity (Wildman–Crippen MR) is 104 cm³/mol. The summed E-state index contributed by atoms with van der Waals surface area (Å²) in [5.41, 5.74) is 0. The molecule has 23 heavy (non-hydrogen) atoms. The zero-order chi connectivity index (χ0) is 16.2. The van der Waals surface area contributed by atoms with Crippen LogP contribution in [0.2, 0.25) is 0 Å². The number of hydrogen-bond donors (Lipinski definition) is 0. The van der Waals surface area contributed by atoms with Crippen LogP contribution in [0.15, 0.2) is 6.07 Å². The molecule has 1 aromatic heterocycles. The van der Waals surface area contributed by atoms with E-state index in [4.69, 9.17) is 9.97 Å². The van der Waals surface area contributed by atoms with Gasteiger partial charge >= 0.3 is 0 Å². The molecule has 2 fully saturated rings. The fourth-order valence-electron chi connectivity index (χ4n) is 3.11. The van der Waals surface area contributed by atoms with Gasteiger partial charge in [-0.2, -0.15) is 23.5 Å². The van der Waals surface area contributed by atoms with Gasteiger partial charge < -0.3 is 9.80 Å². The van der Waals surface area contributed by atoms with E-state index in [0.29, 0.717) is 0 Å². The number of aryl methyl sites for hydroxylation is 1. The van der Waals surface area contributed by atoms with Crippen LogP contribution in [0, 0.1) is 6.92 Å². The van der Waals surface area contributed by atoms with Crippen molar-refractivity contribution in [2.75, 3.05) is 47.5 Å². The highest BCUT2D eigenvalue weighted by Crippen LogP contribution is 2.27. The quantitative estimate of drug-likeness (QED) is 0.811. The van der Waals surface area contributed by atoms with Crippen molar-refractivity contribution in [1.82, 2.24) is 9.97 Å². The second-order valence-corrected chi connectivity index (χ2v) is 9.64. The Bertz CT molecular complexity index is 483. The lowest BCUT2D eigenvalue weighted by Gasteiger charge is -2.26. The lowest BCUT2D eigenvalue weighted by atomic mass is 10.3. The molecule has 1 aromatic rings. The molecule has 0 spiro atoms. The van der Waals surface area contributed by atoms with Gasteiger partial charge in [-0.3, -0.25) is 0 Å². The van der Waals surface area contributed by atoms with E-state index in [1.54, 1.807) is 0 Å².